The van der Waals surface area contributed by atoms with Gasteiger partial charge in [-0.15, -0.1) is 0 Å². The molecule has 1 amide bonds. The molecule has 0 heterocycles. The molecule has 0 aliphatic heterocycles. The van der Waals surface area contributed by atoms with Gasteiger partial charge in [-0.1, -0.05) is 24.3 Å². The van der Waals surface area contributed by atoms with Gasteiger partial charge < -0.3 is 15.2 Å². The zero-order valence-corrected chi connectivity index (χ0v) is 12.6. The number of rotatable bonds is 9. The fraction of sp³-hybridized carbons (Fsp3) is 0.500. The molecule has 5 nitrogen and oxygen atoms in total. The fourth-order valence-corrected chi connectivity index (χ4v) is 2.09. The SMILES string of the molecule is COCCCC(NC(=O)CCc1ccccc1C)C(=O)O. The van der Waals surface area contributed by atoms with Gasteiger partial charge in [0.1, 0.15) is 6.04 Å². The summed E-state index contributed by atoms with van der Waals surface area (Å²) < 4.78 is 4.89. The molecule has 116 valence electrons. The van der Waals surface area contributed by atoms with Crippen LogP contribution in [-0.2, 0) is 20.7 Å². The molecule has 0 bridgehead atoms. The van der Waals surface area contributed by atoms with Crippen molar-refractivity contribution in [1.29, 1.82) is 0 Å². The standard InChI is InChI=1S/C16H23NO4/c1-12-6-3-4-7-13(12)9-10-15(18)17-14(16(19)20)8-5-11-21-2/h3-4,6-7,14H,5,8-11H2,1-2H3,(H,17,18)(H,19,20). The van der Waals surface area contributed by atoms with E-state index < -0.39 is 12.0 Å². The second-order valence-electron chi connectivity index (χ2n) is 5.02. The van der Waals surface area contributed by atoms with Gasteiger partial charge in [0.2, 0.25) is 5.91 Å². The Bertz CT molecular complexity index is 473. The highest BCUT2D eigenvalue weighted by Gasteiger charge is 2.19. The van der Waals surface area contributed by atoms with Gasteiger partial charge >= 0.3 is 5.97 Å². The lowest BCUT2D eigenvalue weighted by Crippen LogP contribution is -2.41. The lowest BCUT2D eigenvalue weighted by Gasteiger charge is -2.14. The summed E-state index contributed by atoms with van der Waals surface area (Å²) in [6.07, 6.45) is 1.88. The average molecular weight is 293 g/mol. The molecule has 21 heavy (non-hydrogen) atoms. The lowest BCUT2D eigenvalue weighted by molar-refractivity contribution is -0.142. The van der Waals surface area contributed by atoms with E-state index in [4.69, 9.17) is 9.84 Å². The highest BCUT2D eigenvalue weighted by Crippen LogP contribution is 2.09. The van der Waals surface area contributed by atoms with Crippen molar-refractivity contribution in [3.05, 3.63) is 35.4 Å². The Morgan fingerprint density at radius 3 is 2.67 bits per heavy atom. The van der Waals surface area contributed by atoms with Crippen LogP contribution in [0.25, 0.3) is 0 Å². The molecule has 1 rings (SSSR count). The first-order valence-electron chi connectivity index (χ1n) is 7.10. The minimum absolute atomic E-state index is 0.233. The Balaban J connectivity index is 2.43. The van der Waals surface area contributed by atoms with Crippen LogP contribution in [0.3, 0.4) is 0 Å². The highest BCUT2D eigenvalue weighted by molar-refractivity contribution is 5.83. The maximum Gasteiger partial charge on any atom is 0.326 e. The first-order valence-corrected chi connectivity index (χ1v) is 7.10. The summed E-state index contributed by atoms with van der Waals surface area (Å²) in [5, 5.41) is 11.7. The molecule has 1 aromatic rings. The van der Waals surface area contributed by atoms with Crippen molar-refractivity contribution in [2.45, 2.75) is 38.6 Å². The largest absolute Gasteiger partial charge is 0.480 e. The van der Waals surface area contributed by atoms with Crippen LogP contribution in [0.15, 0.2) is 24.3 Å². The highest BCUT2D eigenvalue weighted by atomic mass is 16.5. The van der Waals surface area contributed by atoms with E-state index in [9.17, 15) is 9.59 Å². The third-order valence-corrected chi connectivity index (χ3v) is 3.36. The number of aliphatic carboxylic acids is 1. The molecule has 1 atom stereocenters. The minimum atomic E-state index is -1.00. The number of nitrogens with one attached hydrogen (secondary N) is 1. The maximum atomic E-state index is 11.9. The third-order valence-electron chi connectivity index (χ3n) is 3.36. The summed E-state index contributed by atoms with van der Waals surface area (Å²) in [6.45, 7) is 2.49. The molecule has 0 saturated heterocycles. The fourth-order valence-electron chi connectivity index (χ4n) is 2.09. The molecule has 5 heteroatoms. The van der Waals surface area contributed by atoms with Gasteiger partial charge in [-0.2, -0.15) is 0 Å². The number of ether oxygens (including phenoxy) is 1. The second-order valence-corrected chi connectivity index (χ2v) is 5.02. The van der Waals surface area contributed by atoms with Crippen molar-refractivity contribution in [2.24, 2.45) is 0 Å². The first-order chi connectivity index (χ1) is 10.0. The Kier molecular flexibility index (Phi) is 7.46. The summed E-state index contributed by atoms with van der Waals surface area (Å²) in [5.74, 6) is -1.24. The summed E-state index contributed by atoms with van der Waals surface area (Å²) in [5.41, 5.74) is 2.25. The molecule has 0 fully saturated rings. The van der Waals surface area contributed by atoms with E-state index in [0.717, 1.165) is 11.1 Å². The monoisotopic (exact) mass is 293 g/mol. The van der Waals surface area contributed by atoms with Crippen LogP contribution < -0.4 is 5.32 Å². The van der Waals surface area contributed by atoms with E-state index in [0.29, 0.717) is 32.3 Å². The van der Waals surface area contributed by atoms with E-state index in [1.807, 2.05) is 31.2 Å². The van der Waals surface area contributed by atoms with Crippen molar-refractivity contribution >= 4 is 11.9 Å². The smallest absolute Gasteiger partial charge is 0.326 e. The van der Waals surface area contributed by atoms with Crippen LogP contribution in [0, 0.1) is 6.92 Å². The molecule has 0 saturated carbocycles. The van der Waals surface area contributed by atoms with E-state index >= 15 is 0 Å². The summed E-state index contributed by atoms with van der Waals surface area (Å²) in [6, 6.07) is 7.03. The number of carboxylic acid groups (broad SMARTS) is 1. The number of carboxylic acids is 1. The summed E-state index contributed by atoms with van der Waals surface area (Å²) in [7, 11) is 1.57. The van der Waals surface area contributed by atoms with Crippen LogP contribution in [0.4, 0.5) is 0 Å². The van der Waals surface area contributed by atoms with Gasteiger partial charge in [0, 0.05) is 20.1 Å². The molecule has 0 aliphatic rings. The quantitative estimate of drug-likeness (QED) is 0.682. The summed E-state index contributed by atoms with van der Waals surface area (Å²) >= 11 is 0. The molecule has 0 aromatic heterocycles. The van der Waals surface area contributed by atoms with Gasteiger partial charge in [-0.3, -0.25) is 4.79 Å². The summed E-state index contributed by atoms with van der Waals surface area (Å²) in [4.78, 5) is 23.0. The second kappa shape index (κ2) is 9.13. The molecule has 1 unspecified atom stereocenters. The normalized spacial score (nSPS) is 11.9. The van der Waals surface area contributed by atoms with Crippen LogP contribution in [0.2, 0.25) is 0 Å². The molecule has 0 radical (unpaired) electrons. The first kappa shape index (κ1) is 17.2. The number of methoxy groups -OCH3 is 1. The molecule has 2 N–H and O–H groups in total. The number of hydrogen-bond donors (Lipinski definition) is 2. The lowest BCUT2D eigenvalue weighted by atomic mass is 10.0. The van der Waals surface area contributed by atoms with Crippen molar-refractivity contribution in [3.8, 4) is 0 Å². The van der Waals surface area contributed by atoms with Crippen molar-refractivity contribution in [1.82, 2.24) is 5.32 Å². The van der Waals surface area contributed by atoms with E-state index in [1.165, 1.54) is 0 Å². The Labute approximate surface area is 125 Å². The van der Waals surface area contributed by atoms with Crippen molar-refractivity contribution < 1.29 is 19.4 Å². The van der Waals surface area contributed by atoms with Gasteiger partial charge in [0.05, 0.1) is 0 Å². The van der Waals surface area contributed by atoms with E-state index in [1.54, 1.807) is 7.11 Å². The molecular formula is C16H23NO4. The van der Waals surface area contributed by atoms with Gasteiger partial charge in [-0.25, -0.2) is 4.79 Å². The molecule has 0 aliphatic carbocycles. The molecule has 0 spiro atoms. The predicted octanol–water partition coefficient (Wildman–Crippen LogP) is 1.92. The number of amides is 1. The number of carbonyl (C=O) groups excluding carboxylic acids is 1. The van der Waals surface area contributed by atoms with E-state index in [-0.39, 0.29) is 5.91 Å². The number of carbonyl (C=O) groups is 2. The minimum Gasteiger partial charge on any atom is -0.480 e. The van der Waals surface area contributed by atoms with E-state index in [2.05, 4.69) is 5.32 Å². The van der Waals surface area contributed by atoms with Gasteiger partial charge in [-0.05, 0) is 37.3 Å². The zero-order chi connectivity index (χ0) is 15.7. The third kappa shape index (κ3) is 6.40. The Morgan fingerprint density at radius 2 is 2.05 bits per heavy atom. The van der Waals surface area contributed by atoms with Gasteiger partial charge in [0.15, 0.2) is 0 Å². The van der Waals surface area contributed by atoms with Crippen LogP contribution in [-0.4, -0.2) is 36.7 Å². The molecule has 1 aromatic carbocycles. The maximum absolute atomic E-state index is 11.9. The molecular weight excluding hydrogens is 270 g/mol. The van der Waals surface area contributed by atoms with Crippen LogP contribution in [0.1, 0.15) is 30.4 Å². The number of aryl methyl sites for hydroxylation is 2. The topological polar surface area (TPSA) is 75.6 Å². The predicted molar refractivity (Wildman–Crippen MR) is 80.2 cm³/mol. The van der Waals surface area contributed by atoms with Crippen molar-refractivity contribution in [2.75, 3.05) is 13.7 Å². The number of benzene rings is 1. The average Bonchev–Trinajstić information content (AvgIpc) is 2.45. The van der Waals surface area contributed by atoms with Crippen LogP contribution in [0.5, 0.6) is 0 Å². The van der Waals surface area contributed by atoms with Gasteiger partial charge in [0.25, 0.3) is 0 Å². The Morgan fingerprint density at radius 1 is 1.33 bits per heavy atom. The zero-order valence-electron chi connectivity index (χ0n) is 12.6. The number of hydrogen-bond acceptors (Lipinski definition) is 3. The Hall–Kier alpha value is -1.88. The van der Waals surface area contributed by atoms with Crippen LogP contribution >= 0.6 is 0 Å². The van der Waals surface area contributed by atoms with Crippen molar-refractivity contribution in [3.63, 3.8) is 0 Å².